The van der Waals surface area contributed by atoms with Crippen LogP contribution in [0.5, 0.6) is 0 Å². The number of benzene rings is 1. The lowest BCUT2D eigenvalue weighted by molar-refractivity contribution is -0.385. The van der Waals surface area contributed by atoms with Crippen LogP contribution < -0.4 is 5.32 Å². The van der Waals surface area contributed by atoms with Gasteiger partial charge in [-0.1, -0.05) is 32.1 Å². The molecule has 0 aromatic heterocycles. The first-order valence-electron chi connectivity index (χ1n) is 10.9. The molecule has 2 fully saturated rings. The van der Waals surface area contributed by atoms with Crippen molar-refractivity contribution in [1.82, 2.24) is 4.90 Å². The molecule has 1 saturated heterocycles. The Kier molecular flexibility index (Phi) is 5.77. The Morgan fingerprint density at radius 1 is 1.18 bits per heavy atom. The number of carbonyl (C=O) groups excluding carboxylic acids is 4. The number of fused-ring (bicyclic) bond motifs is 5. The van der Waals surface area contributed by atoms with E-state index in [2.05, 4.69) is 5.32 Å². The van der Waals surface area contributed by atoms with Crippen molar-refractivity contribution in [3.8, 4) is 0 Å². The summed E-state index contributed by atoms with van der Waals surface area (Å²) in [6, 6.07) is 3.09. The molecule has 2 bridgehead atoms. The number of ether oxygens (including phenoxy) is 1. The normalized spacial score (nSPS) is 26.0. The summed E-state index contributed by atoms with van der Waals surface area (Å²) in [4.78, 5) is 62.8. The highest BCUT2D eigenvalue weighted by atomic mass is 16.6. The monoisotopic (exact) mass is 455 g/mol. The molecule has 1 N–H and O–H groups in total. The minimum Gasteiger partial charge on any atom is -0.454 e. The van der Waals surface area contributed by atoms with E-state index < -0.39 is 47.2 Å². The summed E-state index contributed by atoms with van der Waals surface area (Å²) >= 11 is 0. The topological polar surface area (TPSA) is 136 Å². The molecular weight excluding hydrogens is 430 g/mol. The predicted octanol–water partition coefficient (Wildman–Crippen LogP) is 2.22. The van der Waals surface area contributed by atoms with Crippen LogP contribution in [0.3, 0.4) is 0 Å². The summed E-state index contributed by atoms with van der Waals surface area (Å²) in [5, 5.41) is 13.5. The van der Waals surface area contributed by atoms with Gasteiger partial charge in [-0.15, -0.1) is 0 Å². The Hall–Kier alpha value is -3.56. The van der Waals surface area contributed by atoms with E-state index >= 15 is 0 Å². The highest BCUT2D eigenvalue weighted by molar-refractivity contribution is 6.09. The first kappa shape index (κ1) is 22.6. The van der Waals surface area contributed by atoms with Gasteiger partial charge in [0, 0.05) is 17.3 Å². The lowest BCUT2D eigenvalue weighted by Gasteiger charge is -2.28. The molecule has 174 valence electrons. The number of likely N-dealkylation sites (tertiary alicyclic amines) is 1. The zero-order valence-electron chi connectivity index (χ0n) is 18.5. The van der Waals surface area contributed by atoms with Crippen LogP contribution in [0, 0.1) is 46.6 Å². The molecule has 2 aliphatic carbocycles. The maximum Gasteiger partial charge on any atom is 0.330 e. The first-order chi connectivity index (χ1) is 15.6. The summed E-state index contributed by atoms with van der Waals surface area (Å²) in [5.41, 5.74) is 0.483. The molecule has 10 nitrogen and oxygen atoms in total. The number of rotatable bonds is 7. The molecule has 1 heterocycles. The summed E-state index contributed by atoms with van der Waals surface area (Å²) in [7, 11) is 0. The van der Waals surface area contributed by atoms with E-state index in [4.69, 9.17) is 4.74 Å². The van der Waals surface area contributed by atoms with Crippen molar-refractivity contribution in [2.24, 2.45) is 29.6 Å². The van der Waals surface area contributed by atoms with Crippen molar-refractivity contribution < 1.29 is 28.8 Å². The summed E-state index contributed by atoms with van der Waals surface area (Å²) in [6.07, 6.45) is 4.74. The molecule has 1 saturated carbocycles. The van der Waals surface area contributed by atoms with Crippen LogP contribution in [0.25, 0.3) is 0 Å². The average Bonchev–Trinajstić information content (AvgIpc) is 3.43. The number of nitro groups is 1. The number of imide groups is 1. The second kappa shape index (κ2) is 8.42. The fourth-order valence-corrected chi connectivity index (χ4v) is 5.18. The Balaban J connectivity index is 1.41. The van der Waals surface area contributed by atoms with E-state index in [1.807, 2.05) is 12.2 Å². The van der Waals surface area contributed by atoms with Crippen LogP contribution in [0.2, 0.25) is 0 Å². The molecule has 10 heteroatoms. The molecule has 1 aromatic rings. The average molecular weight is 455 g/mol. The maximum atomic E-state index is 13.1. The standard InChI is InChI=1S/C23H25N3O7/c1-11(2)20(25-21(28)18-13-5-6-14(8-13)19(18)22(25)29)23(30)33-10-17(27)24-15-7-4-12(3)16(9-15)26(31)32/h4-7,9,11,13-14,18-20H,8,10H2,1-3H3,(H,24,27)/t13-,14-,18-,19+,20+/m0/s1. The number of hydrogen-bond donors (Lipinski definition) is 1. The summed E-state index contributed by atoms with van der Waals surface area (Å²) in [5.74, 6) is -3.45. The van der Waals surface area contributed by atoms with E-state index in [0.29, 0.717) is 5.56 Å². The molecule has 0 radical (unpaired) electrons. The van der Waals surface area contributed by atoms with Gasteiger partial charge in [-0.05, 0) is 37.2 Å². The number of carbonyl (C=O) groups is 4. The molecule has 3 amide bonds. The zero-order chi connectivity index (χ0) is 24.0. The number of anilines is 1. The predicted molar refractivity (Wildman–Crippen MR) is 116 cm³/mol. The van der Waals surface area contributed by atoms with Gasteiger partial charge in [0.05, 0.1) is 16.8 Å². The van der Waals surface area contributed by atoms with E-state index in [1.54, 1.807) is 20.8 Å². The lowest BCUT2D eigenvalue weighted by atomic mass is 9.85. The quantitative estimate of drug-likeness (QED) is 0.219. The number of amides is 3. The minimum atomic E-state index is -1.12. The molecule has 1 aliphatic heterocycles. The van der Waals surface area contributed by atoms with Gasteiger partial charge in [0.15, 0.2) is 6.61 Å². The molecule has 1 aromatic carbocycles. The molecule has 0 unspecified atom stereocenters. The fraction of sp³-hybridized carbons (Fsp3) is 0.478. The fourth-order valence-electron chi connectivity index (χ4n) is 5.18. The molecule has 4 rings (SSSR count). The number of nitrogens with one attached hydrogen (secondary N) is 1. The second-order valence-corrected chi connectivity index (χ2v) is 9.15. The molecule has 33 heavy (non-hydrogen) atoms. The van der Waals surface area contributed by atoms with Crippen LogP contribution in [0.1, 0.15) is 25.8 Å². The third-order valence-electron chi connectivity index (χ3n) is 6.69. The van der Waals surface area contributed by atoms with Gasteiger partial charge in [-0.3, -0.25) is 29.4 Å². The van der Waals surface area contributed by atoms with Crippen LogP contribution in [0.15, 0.2) is 30.4 Å². The number of hydrogen-bond acceptors (Lipinski definition) is 7. The van der Waals surface area contributed by atoms with Crippen molar-refractivity contribution in [3.05, 3.63) is 46.0 Å². The molecule has 0 spiro atoms. The number of esters is 1. The maximum absolute atomic E-state index is 13.1. The lowest BCUT2D eigenvalue weighted by Crippen LogP contribution is -2.50. The van der Waals surface area contributed by atoms with Gasteiger partial charge in [0.25, 0.3) is 11.6 Å². The van der Waals surface area contributed by atoms with Crippen molar-refractivity contribution in [2.45, 2.75) is 33.2 Å². The van der Waals surface area contributed by atoms with Crippen LogP contribution in [-0.4, -0.2) is 46.2 Å². The van der Waals surface area contributed by atoms with E-state index in [-0.39, 0.29) is 35.0 Å². The Morgan fingerprint density at radius 3 is 2.33 bits per heavy atom. The van der Waals surface area contributed by atoms with E-state index in [9.17, 15) is 29.3 Å². The Morgan fingerprint density at radius 2 is 1.79 bits per heavy atom. The number of nitro benzene ring substituents is 1. The number of allylic oxidation sites excluding steroid dienone is 2. The highest BCUT2D eigenvalue weighted by Crippen LogP contribution is 2.53. The molecular formula is C23H25N3O7. The van der Waals surface area contributed by atoms with Gasteiger partial charge < -0.3 is 10.1 Å². The third kappa shape index (κ3) is 3.90. The van der Waals surface area contributed by atoms with E-state index in [1.165, 1.54) is 18.2 Å². The molecule has 3 aliphatic rings. The Labute approximate surface area is 190 Å². The minimum absolute atomic E-state index is 0.0228. The molecule has 5 atom stereocenters. The zero-order valence-corrected chi connectivity index (χ0v) is 18.5. The van der Waals surface area contributed by atoms with Crippen molar-refractivity contribution in [1.29, 1.82) is 0 Å². The SMILES string of the molecule is Cc1ccc(NC(=O)COC(=O)[C@@H](C(C)C)N2C(=O)[C@@H]3[C@H](C2=O)[C@H]2C=C[C@H]3C2)cc1[N+](=O)[O-]. The van der Waals surface area contributed by atoms with Crippen LogP contribution in [-0.2, 0) is 23.9 Å². The van der Waals surface area contributed by atoms with E-state index in [0.717, 1.165) is 11.3 Å². The van der Waals surface area contributed by atoms with Gasteiger partial charge in [-0.2, -0.15) is 0 Å². The van der Waals surface area contributed by atoms with Gasteiger partial charge in [-0.25, -0.2) is 4.79 Å². The first-order valence-corrected chi connectivity index (χ1v) is 10.9. The third-order valence-corrected chi connectivity index (χ3v) is 6.69. The highest BCUT2D eigenvalue weighted by Gasteiger charge is 2.61. The number of nitrogens with zero attached hydrogens (tertiary/aromatic N) is 2. The summed E-state index contributed by atoms with van der Waals surface area (Å²) in [6.45, 7) is 4.34. The van der Waals surface area contributed by atoms with Crippen molar-refractivity contribution in [2.75, 3.05) is 11.9 Å². The van der Waals surface area contributed by atoms with Gasteiger partial charge in [0.2, 0.25) is 11.8 Å². The van der Waals surface area contributed by atoms with Crippen molar-refractivity contribution >= 4 is 35.1 Å². The van der Waals surface area contributed by atoms with Crippen molar-refractivity contribution in [3.63, 3.8) is 0 Å². The Bertz CT molecular complexity index is 1050. The smallest absolute Gasteiger partial charge is 0.330 e. The van der Waals surface area contributed by atoms with Crippen LogP contribution in [0.4, 0.5) is 11.4 Å². The van der Waals surface area contributed by atoms with Gasteiger partial charge in [0.1, 0.15) is 6.04 Å². The van der Waals surface area contributed by atoms with Gasteiger partial charge >= 0.3 is 5.97 Å². The van der Waals surface area contributed by atoms with Crippen LogP contribution >= 0.6 is 0 Å². The largest absolute Gasteiger partial charge is 0.454 e. The second-order valence-electron chi connectivity index (χ2n) is 9.15. The number of aryl methyl sites for hydroxylation is 1. The summed E-state index contributed by atoms with van der Waals surface area (Å²) < 4.78 is 5.15.